The van der Waals surface area contributed by atoms with E-state index < -0.39 is 11.2 Å². The Kier molecular flexibility index (Phi) is 59.1. The Balaban J connectivity index is 0.000000724. The molecule has 8 rings (SSSR count). The number of rotatable bonds is 30. The summed E-state index contributed by atoms with van der Waals surface area (Å²) in [6.07, 6.45) is 22.4. The number of carbonyl (C=O) groups excluding carboxylic acids is 3. The molecular formula is C99H152BrN13O10. The van der Waals surface area contributed by atoms with Crippen molar-refractivity contribution in [3.05, 3.63) is 144 Å². The summed E-state index contributed by atoms with van der Waals surface area (Å²) in [7, 11) is 6.68. The molecule has 4 aromatic rings. The summed E-state index contributed by atoms with van der Waals surface area (Å²) in [6.45, 7) is 40.1. The van der Waals surface area contributed by atoms with Crippen LogP contribution in [0.3, 0.4) is 0 Å². The van der Waals surface area contributed by atoms with Gasteiger partial charge in [0, 0.05) is 151 Å². The number of esters is 3. The second-order valence-corrected chi connectivity index (χ2v) is 36.1. The highest BCUT2D eigenvalue weighted by Crippen LogP contribution is 2.29. The molecule has 4 saturated heterocycles. The van der Waals surface area contributed by atoms with Crippen molar-refractivity contribution >= 4 is 33.8 Å². The fourth-order valence-corrected chi connectivity index (χ4v) is 13.6. The third kappa shape index (κ3) is 57.3. The lowest BCUT2D eigenvalue weighted by Gasteiger charge is -2.37. The largest absolute Gasteiger partial charge is 0.497 e. The highest BCUT2D eigenvalue weighted by molar-refractivity contribution is 9.09. The molecule has 123 heavy (non-hydrogen) atoms. The lowest BCUT2D eigenvalue weighted by atomic mass is 9.91. The molecule has 4 aliphatic rings. The van der Waals surface area contributed by atoms with Gasteiger partial charge in [-0.15, -0.1) is 0 Å². The minimum Gasteiger partial charge on any atom is -0.497 e. The monoisotopic (exact) mass is 1760 g/mol. The molecule has 11 atom stereocenters. The maximum atomic E-state index is 12.0. The van der Waals surface area contributed by atoms with E-state index in [-0.39, 0.29) is 41.6 Å². The lowest BCUT2D eigenvalue weighted by molar-refractivity contribution is -0.156. The minimum atomic E-state index is -0.460. The fourth-order valence-electron chi connectivity index (χ4n) is 13.4. The summed E-state index contributed by atoms with van der Waals surface area (Å²) in [5.41, 5.74) is 9.22. The van der Waals surface area contributed by atoms with Crippen molar-refractivity contribution in [2.75, 3.05) is 66.5 Å². The van der Waals surface area contributed by atoms with Gasteiger partial charge in [-0.2, -0.15) is 31.6 Å². The Morgan fingerprint density at radius 3 is 1.14 bits per heavy atom. The summed E-state index contributed by atoms with van der Waals surface area (Å²) < 4.78 is 36.5. The van der Waals surface area contributed by atoms with E-state index >= 15 is 0 Å². The average molecular weight is 1760 g/mol. The van der Waals surface area contributed by atoms with E-state index in [0.29, 0.717) is 99.3 Å². The normalized spacial score (nSPS) is 19.5. The van der Waals surface area contributed by atoms with Crippen LogP contribution in [0.25, 0.3) is 0 Å². The molecule has 680 valence electrons. The topological polar surface area (TPSA) is 330 Å². The maximum Gasteiger partial charge on any atom is 0.306 e. The first-order valence-corrected chi connectivity index (χ1v) is 45.0. The molecule has 0 radical (unpaired) electrons. The number of likely N-dealkylation sites (tertiary alicyclic amines) is 2. The molecule has 0 aliphatic carbocycles. The second kappa shape index (κ2) is 64.8. The summed E-state index contributed by atoms with van der Waals surface area (Å²) in [5, 5.41) is 61.9. The molecule has 4 fully saturated rings. The summed E-state index contributed by atoms with van der Waals surface area (Å²) in [6, 6.07) is 48.4. The Morgan fingerprint density at radius 2 is 0.821 bits per heavy atom. The van der Waals surface area contributed by atoms with Gasteiger partial charge in [0.05, 0.1) is 64.9 Å². The number of benzene rings is 4. The molecule has 4 heterocycles. The van der Waals surface area contributed by atoms with Crippen molar-refractivity contribution in [1.29, 1.82) is 31.6 Å². The smallest absolute Gasteiger partial charge is 0.306 e. The molecule has 7 unspecified atom stereocenters. The van der Waals surface area contributed by atoms with Crippen LogP contribution in [-0.2, 0) is 54.8 Å². The zero-order chi connectivity index (χ0) is 92.2. The van der Waals surface area contributed by atoms with Crippen molar-refractivity contribution in [3.63, 3.8) is 0 Å². The van der Waals surface area contributed by atoms with E-state index in [2.05, 4.69) is 137 Å². The number of nitriles is 6. The van der Waals surface area contributed by atoms with Crippen LogP contribution in [0.15, 0.2) is 121 Å². The Hall–Kier alpha value is -8.89. The van der Waals surface area contributed by atoms with Gasteiger partial charge in [0.1, 0.15) is 39.8 Å². The zero-order valence-corrected chi connectivity index (χ0v) is 79.8. The van der Waals surface area contributed by atoms with Crippen molar-refractivity contribution in [1.82, 2.24) is 30.7 Å². The highest BCUT2D eigenvalue weighted by Gasteiger charge is 2.28. The number of carbonyl (C=O) groups is 3. The van der Waals surface area contributed by atoms with Crippen molar-refractivity contribution < 1.29 is 47.5 Å². The number of nitrogens with two attached hydrogens (primary N) is 1. The number of allylic oxidation sites excluding steroid dienone is 3. The van der Waals surface area contributed by atoms with Gasteiger partial charge in [-0.1, -0.05) is 76.6 Å². The Bertz CT molecular complexity index is 3700. The first kappa shape index (κ1) is 112. The predicted octanol–water partition coefficient (Wildman–Crippen LogP) is 19.3. The van der Waals surface area contributed by atoms with Gasteiger partial charge in [0.2, 0.25) is 0 Å². The van der Waals surface area contributed by atoms with Gasteiger partial charge in [-0.3, -0.25) is 29.1 Å². The minimum absolute atomic E-state index is 0.0671. The number of nitrogens with zero attached hydrogens (tertiary/aromatic N) is 9. The van der Waals surface area contributed by atoms with E-state index in [4.69, 9.17) is 70.5 Å². The van der Waals surface area contributed by atoms with Crippen molar-refractivity contribution in [3.8, 4) is 59.4 Å². The molecule has 4 aromatic carbocycles. The Morgan fingerprint density at radius 1 is 0.488 bits per heavy atom. The number of ether oxygens (including phenoxy) is 7. The van der Waals surface area contributed by atoms with Gasteiger partial charge >= 0.3 is 17.9 Å². The molecule has 23 nitrogen and oxygen atoms in total. The highest BCUT2D eigenvalue weighted by atomic mass is 79.9. The number of methoxy groups -OCH3 is 4. The summed E-state index contributed by atoms with van der Waals surface area (Å²) >= 11 is 3.11. The first-order chi connectivity index (χ1) is 58.4. The number of hydrogen-bond donors (Lipinski definition) is 4. The first-order valence-electron chi connectivity index (χ1n) is 43.9. The molecule has 0 saturated carbocycles. The van der Waals surface area contributed by atoms with Crippen LogP contribution >= 0.6 is 15.9 Å². The molecular weight excluding hydrogens is 1610 g/mol. The maximum absolute atomic E-state index is 12.0. The van der Waals surface area contributed by atoms with Crippen LogP contribution in [0.4, 0.5) is 0 Å². The van der Waals surface area contributed by atoms with Crippen LogP contribution in [-0.4, -0.2) is 158 Å². The van der Waals surface area contributed by atoms with Gasteiger partial charge in [0.15, 0.2) is 0 Å². The number of piperidine rings is 4. The van der Waals surface area contributed by atoms with Crippen LogP contribution in [0, 0.1) is 91.7 Å². The standard InChI is InChI=1S/C21H30N2O3.C17H27NO3.2C16H22N2O.C9H19NO2.2C8H14N2.C4H4BrN/c1-17(8-13-20(24)26-21(2,3)4)23(15-7-6-14-22)16-18-9-11-19(25-5)12-10-18;1-13(6-11-16(19)21-17(2,3)4)18-12-14-7-9-15(20-5)10-8-14;2*1-13-3-4-15(9-10-17)12-18(13)11-14-5-7-16(19-2)8-6-14;1-7(10)5-6-8(11)12-9(2,3)4;2*1-7-2-3-8(4-5-9)6-10-7;5-3-1-2-4-6/h6-7,9-12,17H,8,13,15-16H2,1-5H3;7-10,13,18H,6,11-12H2,1-5H3;2*5-8,13,15H,3-4,9,11-12H2,1-2H3;7H,5-6,10H2,1-4H3;2*7-8,10H,2-4,6H2,1H3;1-2H,3H2/b7-6+;;;;;;;2-1+/t;;2*13?,15-;;2*7?,8-;/m..10.10./s1. The van der Waals surface area contributed by atoms with E-state index in [1.165, 1.54) is 80.2 Å². The van der Waals surface area contributed by atoms with Gasteiger partial charge in [0.25, 0.3) is 0 Å². The number of alkyl halides is 1. The van der Waals surface area contributed by atoms with Gasteiger partial charge in [-0.25, -0.2) is 0 Å². The number of halogens is 1. The third-order valence-electron chi connectivity index (χ3n) is 20.8. The van der Waals surface area contributed by atoms with E-state index in [1.807, 2.05) is 160 Å². The van der Waals surface area contributed by atoms with E-state index in [1.54, 1.807) is 34.5 Å². The van der Waals surface area contributed by atoms with Crippen LogP contribution in [0.5, 0.6) is 23.0 Å². The number of hydrogen-bond acceptors (Lipinski definition) is 23. The molecule has 0 aromatic heterocycles. The number of nitrogens with one attached hydrogen (secondary N) is 3. The van der Waals surface area contributed by atoms with Crippen molar-refractivity contribution in [2.24, 2.45) is 29.4 Å². The average Bonchev–Trinajstić information content (AvgIpc) is 0.853. The predicted molar refractivity (Wildman–Crippen MR) is 497 cm³/mol. The second-order valence-electron chi connectivity index (χ2n) is 35.4. The summed E-state index contributed by atoms with van der Waals surface area (Å²) in [4.78, 5) is 41.9. The van der Waals surface area contributed by atoms with E-state index in [0.717, 1.165) is 106 Å². The quantitative estimate of drug-likeness (QED) is 0.0163. The lowest BCUT2D eigenvalue weighted by Crippen LogP contribution is -2.41. The van der Waals surface area contributed by atoms with Gasteiger partial charge < -0.3 is 54.8 Å². The molecule has 4 aliphatic heterocycles. The van der Waals surface area contributed by atoms with Crippen LogP contribution in [0.2, 0.25) is 0 Å². The third-order valence-corrected chi connectivity index (χ3v) is 21.1. The van der Waals surface area contributed by atoms with Gasteiger partial charge in [-0.05, 0) is 289 Å². The zero-order valence-electron chi connectivity index (χ0n) is 78.3. The molecule has 0 spiro atoms. The molecule has 0 amide bonds. The van der Waals surface area contributed by atoms with Crippen LogP contribution in [0.1, 0.15) is 249 Å². The fraction of sp³-hybridized carbons (Fsp3) is 0.626. The molecule has 5 N–H and O–H groups in total. The van der Waals surface area contributed by atoms with Crippen molar-refractivity contribution in [2.45, 2.75) is 312 Å². The SMILES string of the molecule is CC(N)CCC(=O)OC(C)(C)C.CC1CC[C@@H](CC#N)CN1.CC1CC[C@H](CC#N)CN1.COc1ccc(CN(C/C=C/C#N)C(C)CCC(=O)OC(C)(C)C)cc1.COc1ccc(CN2C[C@@H](CC#N)CCC2C)cc1.COc1ccc(CN2C[C@H](CC#N)CCC2C)cc1.COc1ccc(CNC(C)CCC(=O)OC(C)(C)C)cc1.N#C/C=C/CBr. The van der Waals surface area contributed by atoms with Crippen LogP contribution < -0.4 is 40.6 Å². The van der Waals surface area contributed by atoms with E-state index in [9.17, 15) is 14.4 Å². The molecule has 24 heteroatoms. The Labute approximate surface area is 749 Å². The summed E-state index contributed by atoms with van der Waals surface area (Å²) in [5.74, 6) is 5.30. The molecule has 0 bridgehead atoms.